The zero-order valence-corrected chi connectivity index (χ0v) is 15.1. The maximum absolute atomic E-state index is 2.99. The van der Waals surface area contributed by atoms with Gasteiger partial charge in [-0.1, -0.05) is 18.6 Å². The summed E-state index contributed by atoms with van der Waals surface area (Å²) in [5, 5.41) is 2.79. The third-order valence-electron chi connectivity index (χ3n) is 2.83. The van der Waals surface area contributed by atoms with Crippen molar-refractivity contribution in [3.05, 3.63) is 65.8 Å². The van der Waals surface area contributed by atoms with Gasteiger partial charge in [0.2, 0.25) is 0 Å². The second-order valence-corrected chi connectivity index (χ2v) is 4.06. The normalized spacial score (nSPS) is 10.8. The molecule has 0 bridgehead atoms. The predicted octanol–water partition coefficient (Wildman–Crippen LogP) is -1.51. The van der Waals surface area contributed by atoms with Crippen LogP contribution in [0.1, 0.15) is 17.5 Å². The second kappa shape index (κ2) is 10.5. The molecule has 19 heavy (non-hydrogen) atoms. The molecule has 0 atom stereocenters. The summed E-state index contributed by atoms with van der Waals surface area (Å²) in [6.07, 6.45) is 10.0. The van der Waals surface area contributed by atoms with Crippen LogP contribution in [-0.4, -0.2) is 0 Å². The fourth-order valence-corrected chi connectivity index (χ4v) is 1.88. The van der Waals surface area contributed by atoms with E-state index in [-0.39, 0.29) is 51.0 Å². The number of rotatable bonds is 0. The number of benzene rings is 1. The van der Waals surface area contributed by atoms with Gasteiger partial charge in [-0.15, -0.1) is 34.9 Å². The molecule has 0 radical (unpaired) electrons. The van der Waals surface area contributed by atoms with Crippen molar-refractivity contribution in [2.75, 3.05) is 0 Å². The molecule has 0 saturated carbocycles. The van der Waals surface area contributed by atoms with E-state index in [1.807, 2.05) is 12.2 Å². The van der Waals surface area contributed by atoms with Crippen LogP contribution in [0.15, 0.2) is 48.6 Å². The Bertz CT molecular complexity index is 529. The van der Waals surface area contributed by atoms with Crippen LogP contribution in [-0.2, 0) is 26.2 Å². The van der Waals surface area contributed by atoms with Crippen LogP contribution >= 0.6 is 0 Å². The number of allylic oxidation sites excluding steroid dienone is 4. The molecule has 98 valence electrons. The first kappa shape index (κ1) is 21.1. The zero-order chi connectivity index (χ0) is 11.4. The van der Waals surface area contributed by atoms with Crippen LogP contribution in [0, 0.1) is 19.9 Å². The molecule has 0 aliphatic heterocycles. The first-order chi connectivity index (χ1) is 7.79. The quantitative estimate of drug-likeness (QED) is 0.495. The smallest absolute Gasteiger partial charge is 1.00 e. The topological polar surface area (TPSA) is 0 Å². The van der Waals surface area contributed by atoms with Gasteiger partial charge < -0.3 is 24.8 Å². The summed E-state index contributed by atoms with van der Waals surface area (Å²) in [6, 6.07) is 10.8. The van der Waals surface area contributed by atoms with Gasteiger partial charge in [-0.05, 0) is 6.92 Å². The monoisotopic (exact) mass is 368 g/mol. The molecule has 1 aliphatic carbocycles. The minimum Gasteiger partial charge on any atom is -1.00 e. The van der Waals surface area contributed by atoms with Gasteiger partial charge in [0.05, 0.1) is 0 Å². The van der Waals surface area contributed by atoms with E-state index in [9.17, 15) is 0 Å². The molecule has 3 heteroatoms. The number of aryl methyl sites for hydroxylation is 2. The molecule has 2 aromatic rings. The van der Waals surface area contributed by atoms with Gasteiger partial charge in [0.1, 0.15) is 0 Å². The molecule has 0 aromatic heterocycles. The van der Waals surface area contributed by atoms with Crippen molar-refractivity contribution in [3.63, 3.8) is 0 Å². The Morgan fingerprint density at radius 2 is 1.89 bits per heavy atom. The SMILES string of the molecule is Cc1cccc2c1cc[c-]2C.[C-]1=CC=CC1.[Cl-].[Cl-].[Zr+4]. The molecule has 0 unspecified atom stereocenters. The van der Waals surface area contributed by atoms with E-state index in [0.717, 1.165) is 6.42 Å². The molecule has 2 aromatic carbocycles. The van der Waals surface area contributed by atoms with Crippen molar-refractivity contribution in [1.82, 2.24) is 0 Å². The van der Waals surface area contributed by atoms with Crippen LogP contribution in [0.5, 0.6) is 0 Å². The van der Waals surface area contributed by atoms with Gasteiger partial charge >= 0.3 is 26.2 Å². The Kier molecular flexibility index (Phi) is 11.7. The molecule has 0 spiro atoms. The van der Waals surface area contributed by atoms with E-state index in [1.165, 1.54) is 21.9 Å². The summed E-state index contributed by atoms with van der Waals surface area (Å²) < 4.78 is 0. The van der Waals surface area contributed by atoms with Crippen molar-refractivity contribution in [2.45, 2.75) is 20.3 Å². The molecule has 0 heterocycles. The van der Waals surface area contributed by atoms with Crippen molar-refractivity contribution in [3.8, 4) is 0 Å². The molecule has 3 rings (SSSR count). The Morgan fingerprint density at radius 1 is 1.16 bits per heavy atom. The maximum atomic E-state index is 2.99. The Labute approximate surface area is 147 Å². The van der Waals surface area contributed by atoms with Crippen LogP contribution < -0.4 is 24.8 Å². The fourth-order valence-electron chi connectivity index (χ4n) is 1.88. The molecule has 0 nitrogen and oxygen atoms in total. The average Bonchev–Trinajstić information content (AvgIpc) is 2.93. The van der Waals surface area contributed by atoms with E-state index in [0.29, 0.717) is 0 Å². The molecular formula is C16H16Cl2Zr. The van der Waals surface area contributed by atoms with Crippen LogP contribution in [0.3, 0.4) is 0 Å². The third kappa shape index (κ3) is 5.73. The molecule has 0 N–H and O–H groups in total. The number of hydrogen-bond acceptors (Lipinski definition) is 0. The number of fused-ring (bicyclic) bond motifs is 1. The number of hydrogen-bond donors (Lipinski definition) is 0. The Hall–Kier alpha value is -0.227. The average molecular weight is 370 g/mol. The first-order valence-electron chi connectivity index (χ1n) is 5.62. The van der Waals surface area contributed by atoms with Crippen LogP contribution in [0.25, 0.3) is 10.8 Å². The van der Waals surface area contributed by atoms with E-state index in [4.69, 9.17) is 0 Å². The third-order valence-corrected chi connectivity index (χ3v) is 2.83. The standard InChI is InChI=1S/C11H11.C5H5.2ClH.Zr/c1-8-4-3-5-10-9(2)6-7-11(8)10;1-2-4-5-3-1;;;/h3-7H,1-2H3;1-3H,4H2;2*1H;/q2*-1;;;+4/p-2. The minimum atomic E-state index is 0. The van der Waals surface area contributed by atoms with E-state index in [2.05, 4.69) is 56.3 Å². The van der Waals surface area contributed by atoms with Gasteiger partial charge in [0.15, 0.2) is 0 Å². The van der Waals surface area contributed by atoms with E-state index in [1.54, 1.807) is 0 Å². The summed E-state index contributed by atoms with van der Waals surface area (Å²) >= 11 is 0. The second-order valence-electron chi connectivity index (χ2n) is 4.06. The van der Waals surface area contributed by atoms with Crippen LogP contribution in [0.4, 0.5) is 0 Å². The van der Waals surface area contributed by atoms with Crippen molar-refractivity contribution in [1.29, 1.82) is 0 Å². The van der Waals surface area contributed by atoms with E-state index >= 15 is 0 Å². The Balaban J connectivity index is 0. The van der Waals surface area contributed by atoms with Gasteiger partial charge in [-0.25, -0.2) is 12.2 Å². The van der Waals surface area contributed by atoms with Gasteiger partial charge in [-0.2, -0.15) is 18.2 Å². The van der Waals surface area contributed by atoms with Crippen LogP contribution in [0.2, 0.25) is 0 Å². The molecule has 1 aliphatic rings. The summed E-state index contributed by atoms with van der Waals surface area (Å²) in [5.74, 6) is 0. The summed E-state index contributed by atoms with van der Waals surface area (Å²) in [5.41, 5.74) is 2.75. The minimum absolute atomic E-state index is 0. The first-order valence-corrected chi connectivity index (χ1v) is 5.62. The molecule has 0 fully saturated rings. The maximum Gasteiger partial charge on any atom is 4.00 e. The van der Waals surface area contributed by atoms with E-state index < -0.39 is 0 Å². The fraction of sp³-hybridized carbons (Fsp3) is 0.188. The number of halogens is 2. The van der Waals surface area contributed by atoms with Crippen molar-refractivity contribution >= 4 is 10.8 Å². The van der Waals surface area contributed by atoms with Crippen molar-refractivity contribution < 1.29 is 51.0 Å². The van der Waals surface area contributed by atoms with Gasteiger partial charge in [-0.3, -0.25) is 6.08 Å². The van der Waals surface area contributed by atoms with Gasteiger partial charge in [0, 0.05) is 0 Å². The molecule has 0 amide bonds. The summed E-state index contributed by atoms with van der Waals surface area (Å²) in [7, 11) is 0. The largest absolute Gasteiger partial charge is 4.00 e. The molecule has 0 saturated heterocycles. The summed E-state index contributed by atoms with van der Waals surface area (Å²) in [6.45, 7) is 4.31. The zero-order valence-electron chi connectivity index (χ0n) is 11.1. The predicted molar refractivity (Wildman–Crippen MR) is 70.6 cm³/mol. The Morgan fingerprint density at radius 3 is 2.37 bits per heavy atom. The molecular weight excluding hydrogens is 354 g/mol. The summed E-state index contributed by atoms with van der Waals surface area (Å²) in [4.78, 5) is 0. The van der Waals surface area contributed by atoms with Gasteiger partial charge in [0.25, 0.3) is 0 Å². The van der Waals surface area contributed by atoms with Crippen molar-refractivity contribution in [2.24, 2.45) is 0 Å².